The molecule has 4 nitrogen and oxygen atoms in total. The monoisotopic (exact) mass is 314 g/mol. The summed E-state index contributed by atoms with van der Waals surface area (Å²) in [5.41, 5.74) is 0.799. The molecule has 1 saturated heterocycles. The van der Waals surface area contributed by atoms with Gasteiger partial charge in [-0.2, -0.15) is 0 Å². The van der Waals surface area contributed by atoms with Gasteiger partial charge < -0.3 is 9.47 Å². The minimum atomic E-state index is -0.553. The van der Waals surface area contributed by atoms with E-state index in [9.17, 15) is 14.0 Å². The van der Waals surface area contributed by atoms with Gasteiger partial charge in [-0.25, -0.2) is 4.39 Å². The van der Waals surface area contributed by atoms with Crippen LogP contribution >= 0.6 is 0 Å². The first-order valence-corrected chi connectivity index (χ1v) is 7.84. The number of aromatic nitrogens is 1. The largest absolute Gasteiger partial charge is 0.337 e. The second kappa shape index (κ2) is 6.36. The molecule has 1 aromatic heterocycles. The van der Waals surface area contributed by atoms with Gasteiger partial charge in [0.25, 0.3) is 5.91 Å². The molecule has 0 atom stereocenters. The Morgan fingerprint density at radius 1 is 0.957 bits per heavy atom. The number of hydrogen-bond donors (Lipinski definition) is 0. The maximum absolute atomic E-state index is 13.8. The fraction of sp³-hybridized carbons (Fsp3) is 0.333. The van der Waals surface area contributed by atoms with Crippen LogP contribution in [0.4, 0.5) is 4.39 Å². The first-order valence-electron chi connectivity index (χ1n) is 7.84. The lowest BCUT2D eigenvalue weighted by Crippen LogP contribution is -2.36. The highest BCUT2D eigenvalue weighted by Gasteiger charge is 2.24. The van der Waals surface area contributed by atoms with Gasteiger partial charge in [0.15, 0.2) is 0 Å². The third-order valence-corrected chi connectivity index (χ3v) is 4.34. The number of hydrogen-bond acceptors (Lipinski definition) is 2. The van der Waals surface area contributed by atoms with Crippen molar-refractivity contribution in [3.05, 3.63) is 59.2 Å². The van der Waals surface area contributed by atoms with Crippen molar-refractivity contribution in [3.8, 4) is 0 Å². The van der Waals surface area contributed by atoms with Crippen molar-refractivity contribution in [1.82, 2.24) is 9.47 Å². The van der Waals surface area contributed by atoms with Crippen LogP contribution in [0.15, 0.2) is 36.4 Å². The second-order valence-electron chi connectivity index (χ2n) is 5.82. The lowest BCUT2D eigenvalue weighted by Gasteiger charge is -2.26. The van der Waals surface area contributed by atoms with Gasteiger partial charge in [-0.3, -0.25) is 9.59 Å². The molecule has 1 aliphatic rings. The Morgan fingerprint density at radius 2 is 1.61 bits per heavy atom. The number of likely N-dealkylation sites (tertiary alicyclic amines) is 1. The summed E-state index contributed by atoms with van der Waals surface area (Å²) in [5.74, 6) is -1.04. The van der Waals surface area contributed by atoms with E-state index in [4.69, 9.17) is 0 Å². The van der Waals surface area contributed by atoms with Crippen molar-refractivity contribution in [1.29, 1.82) is 0 Å². The van der Waals surface area contributed by atoms with E-state index in [-0.39, 0.29) is 11.5 Å². The van der Waals surface area contributed by atoms with Gasteiger partial charge in [0.05, 0.1) is 11.3 Å². The average molecular weight is 314 g/mol. The number of amides is 1. The summed E-state index contributed by atoms with van der Waals surface area (Å²) in [4.78, 5) is 26.9. The molecule has 0 N–H and O–H groups in total. The molecule has 1 fully saturated rings. The summed E-state index contributed by atoms with van der Waals surface area (Å²) in [6, 6.07) is 9.12. The quantitative estimate of drug-likeness (QED) is 0.817. The van der Waals surface area contributed by atoms with E-state index in [1.807, 2.05) is 4.90 Å². The van der Waals surface area contributed by atoms with Crippen molar-refractivity contribution < 1.29 is 14.0 Å². The molecule has 23 heavy (non-hydrogen) atoms. The molecule has 0 radical (unpaired) electrons. The minimum Gasteiger partial charge on any atom is -0.337 e. The SMILES string of the molecule is Cn1c(C(=O)c2ccccc2F)ccc1C(=O)N1CCCCC1. The normalized spacial score (nSPS) is 14.8. The second-order valence-corrected chi connectivity index (χ2v) is 5.82. The lowest BCUT2D eigenvalue weighted by molar-refractivity contribution is 0.0714. The van der Waals surface area contributed by atoms with Crippen LogP contribution in [-0.2, 0) is 7.05 Å². The molecule has 120 valence electrons. The molecule has 0 unspecified atom stereocenters. The van der Waals surface area contributed by atoms with Gasteiger partial charge in [-0.1, -0.05) is 12.1 Å². The smallest absolute Gasteiger partial charge is 0.270 e. The highest BCUT2D eigenvalue weighted by atomic mass is 19.1. The fourth-order valence-electron chi connectivity index (χ4n) is 3.00. The topological polar surface area (TPSA) is 42.3 Å². The molecule has 2 heterocycles. The van der Waals surface area contributed by atoms with Crippen LogP contribution in [0.2, 0.25) is 0 Å². The summed E-state index contributed by atoms with van der Waals surface area (Å²) >= 11 is 0. The molecule has 0 saturated carbocycles. The summed E-state index contributed by atoms with van der Waals surface area (Å²) in [6.45, 7) is 1.50. The van der Waals surface area contributed by atoms with Crippen molar-refractivity contribution >= 4 is 11.7 Å². The Balaban J connectivity index is 1.88. The number of benzene rings is 1. The van der Waals surface area contributed by atoms with Crippen LogP contribution in [0.5, 0.6) is 0 Å². The van der Waals surface area contributed by atoms with Gasteiger partial charge in [0.2, 0.25) is 5.78 Å². The van der Waals surface area contributed by atoms with Crippen molar-refractivity contribution in [2.24, 2.45) is 7.05 Å². The predicted octanol–water partition coefficient (Wildman–Crippen LogP) is 3.02. The molecule has 3 rings (SSSR count). The average Bonchev–Trinajstić information content (AvgIpc) is 2.96. The van der Waals surface area contributed by atoms with Crippen LogP contribution in [0, 0.1) is 5.82 Å². The maximum atomic E-state index is 13.8. The number of rotatable bonds is 3. The van der Waals surface area contributed by atoms with Gasteiger partial charge in [-0.05, 0) is 43.5 Å². The van der Waals surface area contributed by atoms with E-state index in [2.05, 4.69) is 0 Å². The third-order valence-electron chi connectivity index (χ3n) is 4.34. The number of ketones is 1. The summed E-state index contributed by atoms with van der Waals surface area (Å²) < 4.78 is 15.4. The molecular formula is C18H19FN2O2. The molecule has 5 heteroatoms. The Labute approximate surface area is 134 Å². The molecule has 1 aromatic carbocycles. The highest BCUT2D eigenvalue weighted by Crippen LogP contribution is 2.18. The zero-order valence-electron chi connectivity index (χ0n) is 13.1. The van der Waals surface area contributed by atoms with E-state index < -0.39 is 11.6 Å². The van der Waals surface area contributed by atoms with Crippen LogP contribution in [-0.4, -0.2) is 34.2 Å². The lowest BCUT2D eigenvalue weighted by atomic mass is 10.1. The standard InChI is InChI=1S/C18H19FN2O2/c1-20-15(17(22)13-7-3-4-8-14(13)19)9-10-16(20)18(23)21-11-5-2-6-12-21/h3-4,7-10H,2,5-6,11-12H2,1H3. The first-order chi connectivity index (χ1) is 11.1. The molecule has 0 bridgehead atoms. The summed E-state index contributed by atoms with van der Waals surface area (Å²) in [6.07, 6.45) is 3.17. The molecule has 1 amide bonds. The molecule has 0 aliphatic carbocycles. The zero-order chi connectivity index (χ0) is 16.4. The fourth-order valence-corrected chi connectivity index (χ4v) is 3.00. The molecule has 2 aromatic rings. The Hall–Kier alpha value is -2.43. The van der Waals surface area contributed by atoms with E-state index in [0.29, 0.717) is 11.4 Å². The van der Waals surface area contributed by atoms with Gasteiger partial charge >= 0.3 is 0 Å². The minimum absolute atomic E-state index is 0.0191. The van der Waals surface area contributed by atoms with Crippen LogP contribution in [0.3, 0.4) is 0 Å². The Morgan fingerprint density at radius 3 is 2.30 bits per heavy atom. The van der Waals surface area contributed by atoms with E-state index >= 15 is 0 Å². The number of halogens is 1. The highest BCUT2D eigenvalue weighted by molar-refractivity contribution is 6.09. The van der Waals surface area contributed by atoms with E-state index in [1.165, 1.54) is 12.1 Å². The molecular weight excluding hydrogens is 295 g/mol. The first kappa shape index (κ1) is 15.5. The Kier molecular flexibility index (Phi) is 4.28. The van der Waals surface area contributed by atoms with Crippen LogP contribution < -0.4 is 0 Å². The Bertz CT molecular complexity index is 745. The number of carbonyl (C=O) groups excluding carboxylic acids is 2. The molecule has 0 spiro atoms. The van der Waals surface area contributed by atoms with Crippen LogP contribution in [0.1, 0.15) is 45.8 Å². The number of piperidine rings is 1. The van der Waals surface area contributed by atoms with Gasteiger partial charge in [-0.15, -0.1) is 0 Å². The molecule has 1 aliphatic heterocycles. The predicted molar refractivity (Wildman–Crippen MR) is 85.0 cm³/mol. The van der Waals surface area contributed by atoms with Gasteiger partial charge in [0, 0.05) is 20.1 Å². The van der Waals surface area contributed by atoms with Gasteiger partial charge in [0.1, 0.15) is 11.5 Å². The summed E-state index contributed by atoms with van der Waals surface area (Å²) in [7, 11) is 1.67. The van der Waals surface area contributed by atoms with E-state index in [1.54, 1.807) is 35.9 Å². The summed E-state index contributed by atoms with van der Waals surface area (Å²) in [5, 5.41) is 0. The van der Waals surface area contributed by atoms with Crippen molar-refractivity contribution in [3.63, 3.8) is 0 Å². The van der Waals surface area contributed by atoms with Crippen molar-refractivity contribution in [2.75, 3.05) is 13.1 Å². The number of nitrogens with zero attached hydrogens (tertiary/aromatic N) is 2. The zero-order valence-corrected chi connectivity index (χ0v) is 13.1. The van der Waals surface area contributed by atoms with E-state index in [0.717, 1.165) is 32.4 Å². The van der Waals surface area contributed by atoms with Crippen LogP contribution in [0.25, 0.3) is 0 Å². The third kappa shape index (κ3) is 2.91. The van der Waals surface area contributed by atoms with Crippen molar-refractivity contribution in [2.45, 2.75) is 19.3 Å². The number of carbonyl (C=O) groups is 2. The maximum Gasteiger partial charge on any atom is 0.270 e.